The maximum atomic E-state index is 11.4. The van der Waals surface area contributed by atoms with E-state index in [4.69, 9.17) is 5.84 Å². The molecule has 0 aromatic carbocycles. The van der Waals surface area contributed by atoms with Gasteiger partial charge in [0.25, 0.3) is 0 Å². The number of urea groups is 1. The van der Waals surface area contributed by atoms with Gasteiger partial charge >= 0.3 is 6.03 Å². The number of hydrogen-bond donors (Lipinski definition) is 3. The first-order valence-electron chi connectivity index (χ1n) is 5.50. The number of thioether (sulfide) groups is 1. The van der Waals surface area contributed by atoms with Gasteiger partial charge in [0, 0.05) is 7.05 Å². The third-order valence-corrected chi connectivity index (χ3v) is 4.03. The van der Waals surface area contributed by atoms with Gasteiger partial charge < -0.3 is 11.2 Å². The minimum atomic E-state index is -0.552. The molecule has 2 heterocycles. The molecule has 0 spiro atoms. The fraction of sp³-hybridized carbons (Fsp3) is 0.200. The number of hydrogen-bond acceptors (Lipinski definition) is 7. The first-order valence-corrected chi connectivity index (χ1v) is 7.37. The molecule has 0 unspecified atom stereocenters. The standard InChI is InChI=1S/C10H12N6O2S2/c1-12-9(18)13-7(17)5-20-10-15-14-8(16(10)11)6-3-2-4-19-6/h2-4H,5,11H2,1H3,(H2,12,13,17,18). The summed E-state index contributed by atoms with van der Waals surface area (Å²) in [5.74, 6) is 6.00. The molecule has 0 atom stereocenters. The summed E-state index contributed by atoms with van der Waals surface area (Å²) < 4.78 is 1.32. The van der Waals surface area contributed by atoms with Crippen molar-refractivity contribution in [3.63, 3.8) is 0 Å². The van der Waals surface area contributed by atoms with E-state index in [1.807, 2.05) is 17.5 Å². The molecule has 0 fully saturated rings. The maximum absolute atomic E-state index is 11.4. The van der Waals surface area contributed by atoms with Crippen molar-refractivity contribution in [2.45, 2.75) is 5.16 Å². The summed E-state index contributed by atoms with van der Waals surface area (Å²) in [6.07, 6.45) is 0. The fourth-order valence-corrected chi connectivity index (χ4v) is 2.67. The monoisotopic (exact) mass is 312 g/mol. The molecular formula is C10H12N6O2S2. The van der Waals surface area contributed by atoms with Gasteiger partial charge in [0.05, 0.1) is 10.6 Å². The molecule has 4 N–H and O–H groups in total. The van der Waals surface area contributed by atoms with E-state index >= 15 is 0 Å². The Labute approximate surface area is 122 Å². The fourth-order valence-electron chi connectivity index (χ4n) is 1.30. The van der Waals surface area contributed by atoms with Crippen molar-refractivity contribution in [2.24, 2.45) is 0 Å². The molecule has 0 aliphatic rings. The average molecular weight is 312 g/mol. The highest BCUT2D eigenvalue weighted by molar-refractivity contribution is 7.99. The number of amides is 3. The van der Waals surface area contributed by atoms with Crippen LogP contribution in [0, 0.1) is 0 Å². The molecule has 2 rings (SSSR count). The van der Waals surface area contributed by atoms with Crippen molar-refractivity contribution in [1.29, 1.82) is 0 Å². The normalized spacial score (nSPS) is 10.2. The smallest absolute Gasteiger partial charge is 0.321 e. The second-order valence-electron chi connectivity index (χ2n) is 3.57. The van der Waals surface area contributed by atoms with Crippen LogP contribution in [0.4, 0.5) is 4.79 Å². The lowest BCUT2D eigenvalue weighted by Crippen LogP contribution is -2.38. The number of nitrogens with zero attached hydrogens (tertiary/aromatic N) is 3. The molecule has 0 aliphatic carbocycles. The van der Waals surface area contributed by atoms with Crippen LogP contribution in [-0.2, 0) is 4.79 Å². The Morgan fingerprint density at radius 3 is 2.95 bits per heavy atom. The van der Waals surface area contributed by atoms with Crippen LogP contribution >= 0.6 is 23.1 Å². The van der Waals surface area contributed by atoms with Crippen LogP contribution in [0.2, 0.25) is 0 Å². The van der Waals surface area contributed by atoms with Gasteiger partial charge in [0.15, 0.2) is 5.82 Å². The van der Waals surface area contributed by atoms with Crippen molar-refractivity contribution in [3.8, 4) is 10.7 Å². The Kier molecular flexibility index (Phi) is 4.58. The van der Waals surface area contributed by atoms with E-state index in [-0.39, 0.29) is 5.75 Å². The van der Waals surface area contributed by atoms with Crippen molar-refractivity contribution < 1.29 is 9.59 Å². The molecule has 0 aliphatic heterocycles. The van der Waals surface area contributed by atoms with Crippen LogP contribution in [0.15, 0.2) is 22.7 Å². The zero-order valence-corrected chi connectivity index (χ0v) is 12.1. The number of aromatic nitrogens is 3. The quantitative estimate of drug-likeness (QED) is 0.551. The van der Waals surface area contributed by atoms with E-state index in [0.29, 0.717) is 11.0 Å². The highest BCUT2D eigenvalue weighted by Crippen LogP contribution is 2.24. The Morgan fingerprint density at radius 1 is 1.50 bits per heavy atom. The Hall–Kier alpha value is -2.07. The Balaban J connectivity index is 1.98. The number of nitrogens with two attached hydrogens (primary N) is 1. The van der Waals surface area contributed by atoms with Gasteiger partial charge in [-0.15, -0.1) is 21.5 Å². The van der Waals surface area contributed by atoms with Crippen LogP contribution in [0.1, 0.15) is 0 Å². The van der Waals surface area contributed by atoms with Crippen molar-refractivity contribution in [1.82, 2.24) is 25.5 Å². The lowest BCUT2D eigenvalue weighted by Gasteiger charge is -2.03. The summed E-state index contributed by atoms with van der Waals surface area (Å²) in [5.41, 5.74) is 0. The molecule has 8 nitrogen and oxygen atoms in total. The third kappa shape index (κ3) is 3.27. The second-order valence-corrected chi connectivity index (χ2v) is 5.46. The van der Waals surface area contributed by atoms with Gasteiger partial charge in [-0.2, -0.15) is 0 Å². The van der Waals surface area contributed by atoms with Crippen LogP contribution in [0.3, 0.4) is 0 Å². The van der Waals surface area contributed by atoms with E-state index in [1.165, 1.54) is 23.1 Å². The van der Waals surface area contributed by atoms with Crippen LogP contribution in [0.5, 0.6) is 0 Å². The predicted octanol–water partition coefficient (Wildman–Crippen LogP) is 0.268. The zero-order valence-electron chi connectivity index (χ0n) is 10.5. The van der Waals surface area contributed by atoms with E-state index in [9.17, 15) is 9.59 Å². The molecule has 0 saturated heterocycles. The molecule has 10 heteroatoms. The minimum Gasteiger partial charge on any atom is -0.341 e. The lowest BCUT2D eigenvalue weighted by molar-refractivity contribution is -0.117. The first kappa shape index (κ1) is 14.3. The largest absolute Gasteiger partial charge is 0.341 e. The van der Waals surface area contributed by atoms with Gasteiger partial charge in [-0.05, 0) is 11.4 Å². The number of nitrogens with one attached hydrogen (secondary N) is 2. The summed E-state index contributed by atoms with van der Waals surface area (Å²) in [4.78, 5) is 23.3. The van der Waals surface area contributed by atoms with Gasteiger partial charge in [-0.1, -0.05) is 17.8 Å². The SMILES string of the molecule is CNC(=O)NC(=O)CSc1nnc(-c2cccs2)n1N. The molecule has 0 bridgehead atoms. The van der Waals surface area contributed by atoms with Crippen molar-refractivity contribution in [3.05, 3.63) is 17.5 Å². The van der Waals surface area contributed by atoms with E-state index < -0.39 is 11.9 Å². The Morgan fingerprint density at radius 2 is 2.30 bits per heavy atom. The second kappa shape index (κ2) is 6.39. The maximum Gasteiger partial charge on any atom is 0.321 e. The molecule has 106 valence electrons. The predicted molar refractivity (Wildman–Crippen MR) is 76.8 cm³/mol. The van der Waals surface area contributed by atoms with Gasteiger partial charge in [-0.3, -0.25) is 10.1 Å². The molecule has 2 aromatic heterocycles. The molecule has 0 radical (unpaired) electrons. The van der Waals surface area contributed by atoms with Crippen molar-refractivity contribution >= 4 is 35.0 Å². The highest BCUT2D eigenvalue weighted by atomic mass is 32.2. The molecule has 0 saturated carbocycles. The zero-order chi connectivity index (χ0) is 14.5. The van der Waals surface area contributed by atoms with Gasteiger partial charge in [0.1, 0.15) is 0 Å². The molecule has 2 aromatic rings. The van der Waals surface area contributed by atoms with Crippen LogP contribution in [-0.4, -0.2) is 39.6 Å². The average Bonchev–Trinajstić information content (AvgIpc) is 3.06. The minimum absolute atomic E-state index is 0.0210. The lowest BCUT2D eigenvalue weighted by atomic mass is 10.4. The van der Waals surface area contributed by atoms with Gasteiger partial charge in [-0.25, -0.2) is 9.47 Å². The number of nitrogen functional groups attached to an aromatic ring is 1. The third-order valence-electron chi connectivity index (χ3n) is 2.22. The molecule has 20 heavy (non-hydrogen) atoms. The summed E-state index contributed by atoms with van der Waals surface area (Å²) in [7, 11) is 1.43. The summed E-state index contributed by atoms with van der Waals surface area (Å²) in [6, 6.07) is 3.22. The first-order chi connectivity index (χ1) is 9.61. The van der Waals surface area contributed by atoms with E-state index in [2.05, 4.69) is 20.8 Å². The highest BCUT2D eigenvalue weighted by Gasteiger charge is 2.14. The number of rotatable bonds is 4. The number of imide groups is 1. The van der Waals surface area contributed by atoms with E-state index in [1.54, 1.807) is 0 Å². The molecular weight excluding hydrogens is 300 g/mol. The summed E-state index contributed by atoms with van der Waals surface area (Å²) >= 11 is 2.60. The van der Waals surface area contributed by atoms with E-state index in [0.717, 1.165) is 16.6 Å². The number of carbonyl (C=O) groups excluding carboxylic acids is 2. The molecule has 3 amide bonds. The van der Waals surface area contributed by atoms with Crippen molar-refractivity contribution in [2.75, 3.05) is 18.6 Å². The van der Waals surface area contributed by atoms with Crippen LogP contribution in [0.25, 0.3) is 10.7 Å². The van der Waals surface area contributed by atoms with Gasteiger partial charge in [0.2, 0.25) is 11.1 Å². The number of thiophene rings is 1. The van der Waals surface area contributed by atoms with Crippen LogP contribution < -0.4 is 16.5 Å². The summed E-state index contributed by atoms with van der Waals surface area (Å²) in [5, 5.41) is 14.7. The number of carbonyl (C=O) groups is 2. The summed E-state index contributed by atoms with van der Waals surface area (Å²) in [6.45, 7) is 0. The Bertz CT molecular complexity index is 609. The topological polar surface area (TPSA) is 115 Å².